The topological polar surface area (TPSA) is 96.0 Å². The van der Waals surface area contributed by atoms with Crippen LogP contribution in [0.1, 0.15) is 43.4 Å². The van der Waals surface area contributed by atoms with Gasteiger partial charge in [0.15, 0.2) is 0 Å². The number of amides is 2. The highest BCUT2D eigenvalue weighted by Crippen LogP contribution is 2.27. The molecule has 4 aromatic rings. The molecule has 0 aliphatic carbocycles. The lowest BCUT2D eigenvalue weighted by Crippen LogP contribution is -2.53. The summed E-state index contributed by atoms with van der Waals surface area (Å²) in [5, 5.41) is 2.98. The van der Waals surface area contributed by atoms with E-state index < -0.39 is 34.3 Å². The number of carbonyl (C=O) groups is 2. The minimum Gasteiger partial charge on any atom is -0.494 e. The van der Waals surface area contributed by atoms with Crippen LogP contribution in [0.25, 0.3) is 0 Å². The number of unbranched alkanes of at least 4 members (excludes halogenated alkanes) is 1. The molecule has 0 saturated carbocycles. The molecular weight excluding hydrogens is 617 g/mol. The van der Waals surface area contributed by atoms with E-state index in [1.54, 1.807) is 12.1 Å². The summed E-state index contributed by atoms with van der Waals surface area (Å²) in [4.78, 5) is 29.7. The maximum Gasteiger partial charge on any atom is 0.264 e. The largest absolute Gasteiger partial charge is 0.494 e. The van der Waals surface area contributed by atoms with Gasteiger partial charge in [-0.1, -0.05) is 73.5 Å². The SMILES string of the molecule is CCCCNC(=O)C(Cc1ccccc1)N(Cc1cccc(C)c1)C(=O)CN(c1ccc(F)cc1)S(=O)(=O)c1ccc(OCC)cc1. The van der Waals surface area contributed by atoms with E-state index in [-0.39, 0.29) is 29.5 Å². The van der Waals surface area contributed by atoms with Crippen molar-refractivity contribution in [3.05, 3.63) is 126 Å². The molecule has 1 unspecified atom stereocenters. The van der Waals surface area contributed by atoms with Gasteiger partial charge in [-0.25, -0.2) is 12.8 Å². The van der Waals surface area contributed by atoms with Crippen LogP contribution in [0, 0.1) is 12.7 Å². The third-order valence-corrected chi connectivity index (χ3v) is 9.44. The standard InChI is InChI=1S/C37H42FN3O5S/c1-4-6-23-39-37(43)35(25-29-12-8-7-9-13-29)40(26-30-14-10-11-28(3)24-30)36(42)27-41(32-17-15-31(38)16-18-32)47(44,45)34-21-19-33(20-22-34)46-5-2/h7-22,24,35H,4-6,23,25-27H2,1-3H3,(H,39,43). The van der Waals surface area contributed by atoms with Gasteiger partial charge >= 0.3 is 0 Å². The van der Waals surface area contributed by atoms with Crippen molar-refractivity contribution in [3.8, 4) is 5.75 Å². The summed E-state index contributed by atoms with van der Waals surface area (Å²) in [6.45, 7) is 6.09. The van der Waals surface area contributed by atoms with E-state index in [0.29, 0.717) is 18.9 Å². The number of rotatable bonds is 16. The lowest BCUT2D eigenvalue weighted by Gasteiger charge is -2.34. The number of aryl methyl sites for hydroxylation is 1. The average molecular weight is 660 g/mol. The Morgan fingerprint density at radius 3 is 2.19 bits per heavy atom. The highest BCUT2D eigenvalue weighted by Gasteiger charge is 2.34. The summed E-state index contributed by atoms with van der Waals surface area (Å²) in [7, 11) is -4.32. The molecule has 8 nitrogen and oxygen atoms in total. The Labute approximate surface area is 277 Å². The third kappa shape index (κ3) is 9.65. The molecule has 10 heteroatoms. The third-order valence-electron chi connectivity index (χ3n) is 7.65. The Hall–Kier alpha value is -4.70. The zero-order valence-corrected chi connectivity index (χ0v) is 27.9. The Bertz CT molecular complexity index is 1720. The molecule has 4 aromatic carbocycles. The highest BCUT2D eigenvalue weighted by atomic mass is 32.2. The normalized spacial score (nSPS) is 11.8. The van der Waals surface area contributed by atoms with Crippen molar-refractivity contribution in [2.75, 3.05) is 24.0 Å². The summed E-state index contributed by atoms with van der Waals surface area (Å²) in [5.41, 5.74) is 2.73. The Morgan fingerprint density at radius 1 is 0.872 bits per heavy atom. The molecule has 2 amide bonds. The molecule has 1 N–H and O–H groups in total. The quantitative estimate of drug-likeness (QED) is 0.143. The minimum absolute atomic E-state index is 0.0681. The Kier molecular flexibility index (Phi) is 12.5. The molecule has 0 aliphatic heterocycles. The summed E-state index contributed by atoms with van der Waals surface area (Å²) < 4.78 is 48.7. The van der Waals surface area contributed by atoms with Gasteiger partial charge in [0.25, 0.3) is 10.0 Å². The van der Waals surface area contributed by atoms with E-state index >= 15 is 0 Å². The number of hydrogen-bond donors (Lipinski definition) is 1. The van der Waals surface area contributed by atoms with E-state index in [9.17, 15) is 22.4 Å². The van der Waals surface area contributed by atoms with E-state index in [0.717, 1.165) is 46.0 Å². The fourth-order valence-corrected chi connectivity index (χ4v) is 6.62. The number of sulfonamides is 1. The summed E-state index contributed by atoms with van der Waals surface area (Å²) in [6, 6.07) is 26.9. The summed E-state index contributed by atoms with van der Waals surface area (Å²) in [6.07, 6.45) is 1.87. The first-order valence-corrected chi connectivity index (χ1v) is 17.2. The van der Waals surface area contributed by atoms with Crippen molar-refractivity contribution in [2.24, 2.45) is 0 Å². The molecular formula is C37H42FN3O5S. The van der Waals surface area contributed by atoms with Crippen LogP contribution < -0.4 is 14.4 Å². The Balaban J connectivity index is 1.78. The van der Waals surface area contributed by atoms with Gasteiger partial charge in [0.2, 0.25) is 11.8 Å². The first kappa shape index (κ1) is 35.2. The van der Waals surface area contributed by atoms with Crippen molar-refractivity contribution >= 4 is 27.5 Å². The van der Waals surface area contributed by atoms with Crippen molar-refractivity contribution in [1.82, 2.24) is 10.2 Å². The van der Waals surface area contributed by atoms with Crippen LogP contribution in [-0.4, -0.2) is 50.9 Å². The Morgan fingerprint density at radius 2 is 1.55 bits per heavy atom. The average Bonchev–Trinajstić information content (AvgIpc) is 3.06. The van der Waals surface area contributed by atoms with Gasteiger partial charge < -0.3 is 15.0 Å². The smallest absolute Gasteiger partial charge is 0.264 e. The molecule has 0 radical (unpaired) electrons. The molecule has 248 valence electrons. The highest BCUT2D eigenvalue weighted by molar-refractivity contribution is 7.92. The van der Waals surface area contributed by atoms with Gasteiger partial charge in [-0.2, -0.15) is 0 Å². The maximum absolute atomic E-state index is 14.5. The number of benzene rings is 4. The number of carbonyl (C=O) groups excluding carboxylic acids is 2. The molecule has 0 fully saturated rings. The maximum atomic E-state index is 14.5. The van der Waals surface area contributed by atoms with E-state index in [1.807, 2.05) is 75.4 Å². The molecule has 4 rings (SSSR count). The van der Waals surface area contributed by atoms with Crippen molar-refractivity contribution < 1.29 is 27.1 Å². The first-order chi connectivity index (χ1) is 22.6. The number of hydrogen-bond acceptors (Lipinski definition) is 5. The lowest BCUT2D eigenvalue weighted by atomic mass is 10.0. The number of halogens is 1. The monoisotopic (exact) mass is 659 g/mol. The van der Waals surface area contributed by atoms with Crippen LogP contribution in [0.15, 0.2) is 108 Å². The second-order valence-corrected chi connectivity index (χ2v) is 13.1. The van der Waals surface area contributed by atoms with Gasteiger partial charge in [0, 0.05) is 19.5 Å². The van der Waals surface area contributed by atoms with Crippen LogP contribution in [0.2, 0.25) is 0 Å². The fraction of sp³-hybridized carbons (Fsp3) is 0.297. The van der Waals surface area contributed by atoms with Crippen LogP contribution in [0.3, 0.4) is 0 Å². The molecule has 0 aromatic heterocycles. The van der Waals surface area contributed by atoms with Crippen molar-refractivity contribution in [3.63, 3.8) is 0 Å². The molecule has 0 heterocycles. The second-order valence-electron chi connectivity index (χ2n) is 11.3. The molecule has 0 aliphatic rings. The minimum atomic E-state index is -4.32. The van der Waals surface area contributed by atoms with E-state index in [1.165, 1.54) is 29.2 Å². The molecule has 1 atom stereocenters. The molecule has 0 bridgehead atoms. The van der Waals surface area contributed by atoms with E-state index in [2.05, 4.69) is 5.32 Å². The fourth-order valence-electron chi connectivity index (χ4n) is 5.21. The lowest BCUT2D eigenvalue weighted by molar-refractivity contribution is -0.140. The van der Waals surface area contributed by atoms with Gasteiger partial charge in [-0.3, -0.25) is 13.9 Å². The first-order valence-electron chi connectivity index (χ1n) is 15.8. The summed E-state index contributed by atoms with van der Waals surface area (Å²) >= 11 is 0. The zero-order valence-electron chi connectivity index (χ0n) is 27.1. The van der Waals surface area contributed by atoms with Crippen LogP contribution in [-0.2, 0) is 32.6 Å². The predicted molar refractivity (Wildman–Crippen MR) is 182 cm³/mol. The summed E-state index contributed by atoms with van der Waals surface area (Å²) in [5.74, 6) is -0.966. The van der Waals surface area contributed by atoms with E-state index in [4.69, 9.17) is 4.74 Å². The van der Waals surface area contributed by atoms with Crippen molar-refractivity contribution in [1.29, 1.82) is 0 Å². The number of ether oxygens (including phenoxy) is 1. The van der Waals surface area contributed by atoms with Crippen molar-refractivity contribution in [2.45, 2.75) is 57.5 Å². The van der Waals surface area contributed by atoms with Gasteiger partial charge in [0.1, 0.15) is 24.2 Å². The van der Waals surface area contributed by atoms with Gasteiger partial charge in [0.05, 0.1) is 17.2 Å². The molecule has 47 heavy (non-hydrogen) atoms. The molecule has 0 spiro atoms. The van der Waals surface area contributed by atoms with Gasteiger partial charge in [-0.05, 0) is 79.9 Å². The number of anilines is 1. The predicted octanol–water partition coefficient (Wildman–Crippen LogP) is 6.28. The van der Waals surface area contributed by atoms with Crippen LogP contribution in [0.5, 0.6) is 5.75 Å². The van der Waals surface area contributed by atoms with Crippen LogP contribution in [0.4, 0.5) is 10.1 Å². The molecule has 0 saturated heterocycles. The number of nitrogens with zero attached hydrogens (tertiary/aromatic N) is 2. The van der Waals surface area contributed by atoms with Crippen LogP contribution >= 0.6 is 0 Å². The second kappa shape index (κ2) is 16.7. The zero-order chi connectivity index (χ0) is 33.8. The van der Waals surface area contributed by atoms with Gasteiger partial charge in [-0.15, -0.1) is 0 Å². The number of nitrogens with one attached hydrogen (secondary N) is 1.